The zero-order valence-electron chi connectivity index (χ0n) is 16.9. The van der Waals surface area contributed by atoms with E-state index in [-0.39, 0.29) is 12.5 Å². The quantitative estimate of drug-likeness (QED) is 0.431. The highest BCUT2D eigenvalue weighted by Gasteiger charge is 2.16. The summed E-state index contributed by atoms with van der Waals surface area (Å²) in [5, 5.41) is 3.81. The van der Waals surface area contributed by atoms with Gasteiger partial charge >= 0.3 is 5.97 Å². The van der Waals surface area contributed by atoms with E-state index >= 15 is 0 Å². The second-order valence-electron chi connectivity index (χ2n) is 7.58. The number of nitrogens with one attached hydrogen (secondary N) is 1. The molecule has 0 aliphatic rings. The number of hydrogen-bond acceptors (Lipinski definition) is 6. The standard InChI is InChI=1S/C22H22N2O4S2/c1-22(2,3)28-19(25)12-27-16-8-6-15(7-9-16)24-21(26)18-10-13-4-5-14(20(23)29)11-17(13)30-18/h4-11H,12H2,1-3H3,(H2,23,29)(H,24,26). The second kappa shape index (κ2) is 8.81. The molecular weight excluding hydrogens is 420 g/mol. The first-order valence-electron chi connectivity index (χ1n) is 9.20. The fraction of sp³-hybridized carbons (Fsp3) is 0.227. The molecule has 0 saturated carbocycles. The second-order valence-corrected chi connectivity index (χ2v) is 9.10. The van der Waals surface area contributed by atoms with Crippen molar-refractivity contribution in [1.29, 1.82) is 0 Å². The number of amides is 1. The van der Waals surface area contributed by atoms with Gasteiger partial charge in [0, 0.05) is 16.0 Å². The first-order valence-corrected chi connectivity index (χ1v) is 10.4. The highest BCUT2D eigenvalue weighted by molar-refractivity contribution is 7.80. The van der Waals surface area contributed by atoms with Gasteiger partial charge in [0.2, 0.25) is 0 Å². The number of anilines is 1. The summed E-state index contributed by atoms with van der Waals surface area (Å²) in [4.78, 5) is 25.2. The molecule has 8 heteroatoms. The van der Waals surface area contributed by atoms with Gasteiger partial charge in [-0.2, -0.15) is 0 Å². The van der Waals surface area contributed by atoms with E-state index in [0.717, 1.165) is 15.6 Å². The SMILES string of the molecule is CC(C)(C)OC(=O)COc1ccc(NC(=O)c2cc3ccc(C(N)=S)cc3s2)cc1. The molecule has 0 aliphatic heterocycles. The highest BCUT2D eigenvalue weighted by Crippen LogP contribution is 2.27. The van der Waals surface area contributed by atoms with Crippen LogP contribution in [0.1, 0.15) is 36.0 Å². The lowest BCUT2D eigenvalue weighted by Gasteiger charge is -2.19. The van der Waals surface area contributed by atoms with Gasteiger partial charge in [0.05, 0.1) is 4.88 Å². The average Bonchev–Trinajstić information content (AvgIpc) is 3.09. The molecular formula is C22H22N2O4S2. The van der Waals surface area contributed by atoms with Crippen LogP contribution in [0.25, 0.3) is 10.1 Å². The summed E-state index contributed by atoms with van der Waals surface area (Å²) in [5.41, 5.74) is 6.50. The Morgan fingerprint density at radius 2 is 1.80 bits per heavy atom. The van der Waals surface area contributed by atoms with Gasteiger partial charge in [0.1, 0.15) is 16.3 Å². The van der Waals surface area contributed by atoms with Crippen molar-refractivity contribution in [3.8, 4) is 5.75 Å². The predicted molar refractivity (Wildman–Crippen MR) is 123 cm³/mol. The minimum atomic E-state index is -0.557. The molecule has 3 N–H and O–H groups in total. The smallest absolute Gasteiger partial charge is 0.344 e. The molecule has 0 radical (unpaired) electrons. The summed E-state index contributed by atoms with van der Waals surface area (Å²) in [6.45, 7) is 5.21. The van der Waals surface area contributed by atoms with Crippen LogP contribution in [0, 0.1) is 0 Å². The Hall–Kier alpha value is -2.97. The summed E-state index contributed by atoms with van der Waals surface area (Å²) in [7, 11) is 0. The summed E-state index contributed by atoms with van der Waals surface area (Å²) in [6, 6.07) is 14.2. The number of ether oxygens (including phenoxy) is 2. The van der Waals surface area contributed by atoms with Gasteiger partial charge in [-0.25, -0.2) is 4.79 Å². The van der Waals surface area contributed by atoms with Crippen molar-refractivity contribution in [2.45, 2.75) is 26.4 Å². The Balaban J connectivity index is 1.61. The van der Waals surface area contributed by atoms with E-state index < -0.39 is 11.6 Å². The Kier molecular flexibility index (Phi) is 6.38. The van der Waals surface area contributed by atoms with Crippen LogP contribution in [-0.4, -0.2) is 29.1 Å². The van der Waals surface area contributed by atoms with Crippen LogP contribution in [0.5, 0.6) is 5.75 Å². The van der Waals surface area contributed by atoms with Gasteiger partial charge in [0.15, 0.2) is 6.61 Å². The average molecular weight is 443 g/mol. The van der Waals surface area contributed by atoms with E-state index in [4.69, 9.17) is 27.4 Å². The van der Waals surface area contributed by atoms with Crippen molar-refractivity contribution >= 4 is 56.2 Å². The molecule has 1 heterocycles. The van der Waals surface area contributed by atoms with Crippen LogP contribution in [0.4, 0.5) is 5.69 Å². The Bertz CT molecular complexity index is 1100. The van der Waals surface area contributed by atoms with Crippen molar-refractivity contribution in [3.63, 3.8) is 0 Å². The number of thiophene rings is 1. The van der Waals surface area contributed by atoms with Gasteiger partial charge in [-0.3, -0.25) is 4.79 Å². The molecule has 0 unspecified atom stereocenters. The maximum atomic E-state index is 12.6. The molecule has 0 atom stereocenters. The lowest BCUT2D eigenvalue weighted by molar-refractivity contribution is -0.157. The Morgan fingerprint density at radius 1 is 1.10 bits per heavy atom. The van der Waals surface area contributed by atoms with Crippen molar-refractivity contribution in [3.05, 3.63) is 59.0 Å². The molecule has 30 heavy (non-hydrogen) atoms. The number of fused-ring (bicyclic) bond motifs is 1. The number of esters is 1. The Labute approximate surface area is 184 Å². The molecule has 0 aliphatic carbocycles. The fourth-order valence-corrected chi connectivity index (χ4v) is 3.76. The molecule has 3 rings (SSSR count). The van der Waals surface area contributed by atoms with E-state index in [1.54, 1.807) is 45.0 Å². The topological polar surface area (TPSA) is 90.6 Å². The fourth-order valence-electron chi connectivity index (χ4n) is 2.64. The van der Waals surface area contributed by atoms with Crippen LogP contribution in [0.3, 0.4) is 0 Å². The number of rotatable bonds is 6. The monoisotopic (exact) mass is 442 g/mol. The predicted octanol–water partition coefficient (Wildman–Crippen LogP) is 4.51. The van der Waals surface area contributed by atoms with Crippen LogP contribution in [0.15, 0.2) is 48.5 Å². The minimum absolute atomic E-state index is 0.182. The number of hydrogen-bond donors (Lipinski definition) is 2. The van der Waals surface area contributed by atoms with Crippen LogP contribution in [-0.2, 0) is 9.53 Å². The first kappa shape index (κ1) is 21.7. The molecule has 1 amide bonds. The molecule has 0 fully saturated rings. The van der Waals surface area contributed by atoms with E-state index in [0.29, 0.717) is 21.3 Å². The zero-order chi connectivity index (χ0) is 21.9. The number of benzene rings is 2. The summed E-state index contributed by atoms with van der Waals surface area (Å²) in [6.07, 6.45) is 0. The maximum absolute atomic E-state index is 12.6. The van der Waals surface area contributed by atoms with Crippen molar-refractivity contribution in [2.75, 3.05) is 11.9 Å². The molecule has 0 spiro atoms. The van der Waals surface area contributed by atoms with E-state index in [2.05, 4.69) is 5.32 Å². The molecule has 2 aromatic carbocycles. The molecule has 0 bridgehead atoms. The van der Waals surface area contributed by atoms with Crippen molar-refractivity contribution in [2.24, 2.45) is 5.73 Å². The van der Waals surface area contributed by atoms with Gasteiger partial charge in [-0.1, -0.05) is 24.4 Å². The molecule has 0 saturated heterocycles. The molecule has 6 nitrogen and oxygen atoms in total. The van der Waals surface area contributed by atoms with Gasteiger partial charge in [-0.05, 0) is 62.6 Å². The van der Waals surface area contributed by atoms with E-state index in [9.17, 15) is 9.59 Å². The summed E-state index contributed by atoms with van der Waals surface area (Å²) in [5.74, 6) is -0.148. The lowest BCUT2D eigenvalue weighted by atomic mass is 10.2. The highest BCUT2D eigenvalue weighted by atomic mass is 32.1. The number of nitrogens with two attached hydrogens (primary N) is 1. The number of carbonyl (C=O) groups is 2. The first-order chi connectivity index (χ1) is 14.1. The molecule has 156 valence electrons. The van der Waals surface area contributed by atoms with Crippen LogP contribution in [0.2, 0.25) is 0 Å². The summed E-state index contributed by atoms with van der Waals surface area (Å²) >= 11 is 6.38. The molecule has 3 aromatic rings. The van der Waals surface area contributed by atoms with Crippen molar-refractivity contribution in [1.82, 2.24) is 0 Å². The third-order valence-electron chi connectivity index (χ3n) is 3.92. The van der Waals surface area contributed by atoms with E-state index in [1.807, 2.05) is 24.3 Å². The van der Waals surface area contributed by atoms with Crippen LogP contribution < -0.4 is 15.8 Å². The van der Waals surface area contributed by atoms with Gasteiger partial charge < -0.3 is 20.5 Å². The van der Waals surface area contributed by atoms with Gasteiger partial charge in [-0.15, -0.1) is 11.3 Å². The number of carbonyl (C=O) groups excluding carboxylic acids is 2. The molecule has 1 aromatic heterocycles. The van der Waals surface area contributed by atoms with E-state index in [1.165, 1.54) is 11.3 Å². The third-order valence-corrected chi connectivity index (χ3v) is 5.25. The summed E-state index contributed by atoms with van der Waals surface area (Å²) < 4.78 is 11.6. The largest absolute Gasteiger partial charge is 0.482 e. The third kappa shape index (κ3) is 5.77. The van der Waals surface area contributed by atoms with Crippen molar-refractivity contribution < 1.29 is 19.1 Å². The van der Waals surface area contributed by atoms with Gasteiger partial charge in [0.25, 0.3) is 5.91 Å². The maximum Gasteiger partial charge on any atom is 0.344 e. The minimum Gasteiger partial charge on any atom is -0.482 e. The van der Waals surface area contributed by atoms with Crippen LogP contribution >= 0.6 is 23.6 Å². The Morgan fingerprint density at radius 3 is 2.43 bits per heavy atom. The lowest BCUT2D eigenvalue weighted by Crippen LogP contribution is -2.27. The zero-order valence-corrected chi connectivity index (χ0v) is 18.5. The normalized spacial score (nSPS) is 11.2. The number of thiocarbonyl (C=S) groups is 1.